The van der Waals surface area contributed by atoms with E-state index >= 15 is 0 Å². The highest BCUT2D eigenvalue weighted by molar-refractivity contribution is 5.78. The summed E-state index contributed by atoms with van der Waals surface area (Å²) in [5.74, 6) is -3.31. The highest BCUT2D eigenvalue weighted by Crippen LogP contribution is 2.11. The predicted molar refractivity (Wildman–Crippen MR) is 188 cm³/mol. The summed E-state index contributed by atoms with van der Waals surface area (Å²) in [5.41, 5.74) is 0. The average molecular weight is 715 g/mol. The van der Waals surface area contributed by atoms with Gasteiger partial charge in [-0.15, -0.1) is 0 Å². The summed E-state index contributed by atoms with van der Waals surface area (Å²) in [4.78, 5) is 74.2. The van der Waals surface area contributed by atoms with Crippen LogP contribution >= 0.6 is 0 Å². The Bertz CT molecular complexity index is 805. The van der Waals surface area contributed by atoms with Crippen LogP contribution in [-0.2, 0) is 57.2 Å². The Kier molecular flexibility index (Phi) is 30.9. The second kappa shape index (κ2) is 33.0. The molecule has 50 heavy (non-hydrogen) atoms. The van der Waals surface area contributed by atoms with Crippen molar-refractivity contribution in [3.63, 3.8) is 0 Å². The zero-order chi connectivity index (χ0) is 37.2. The van der Waals surface area contributed by atoms with E-state index in [1.54, 1.807) is 0 Å². The van der Waals surface area contributed by atoms with E-state index in [9.17, 15) is 28.8 Å². The van der Waals surface area contributed by atoms with Crippen molar-refractivity contribution < 1.29 is 57.2 Å². The van der Waals surface area contributed by atoms with Crippen molar-refractivity contribution in [2.75, 3.05) is 26.4 Å². The van der Waals surface area contributed by atoms with Crippen molar-refractivity contribution in [1.29, 1.82) is 0 Å². The first-order valence-corrected chi connectivity index (χ1v) is 19.2. The van der Waals surface area contributed by atoms with Gasteiger partial charge in [-0.1, -0.05) is 105 Å². The summed E-state index contributed by atoms with van der Waals surface area (Å²) in [6, 6.07) is 0. The minimum Gasteiger partial charge on any atom is -0.462 e. The van der Waals surface area contributed by atoms with Gasteiger partial charge in [0.1, 0.15) is 26.4 Å². The molecule has 0 fully saturated rings. The molecule has 0 aromatic carbocycles. The van der Waals surface area contributed by atoms with Gasteiger partial charge >= 0.3 is 35.8 Å². The predicted octanol–water partition coefficient (Wildman–Crippen LogP) is 7.64. The largest absolute Gasteiger partial charge is 0.462 e. The van der Waals surface area contributed by atoms with Crippen LogP contribution in [0.1, 0.15) is 169 Å². The fourth-order valence-electron chi connectivity index (χ4n) is 4.74. The molecule has 290 valence electrons. The van der Waals surface area contributed by atoms with Gasteiger partial charge in [-0.05, 0) is 25.7 Å². The van der Waals surface area contributed by atoms with E-state index < -0.39 is 48.0 Å². The maximum absolute atomic E-state index is 12.7. The lowest BCUT2D eigenvalue weighted by Crippen LogP contribution is -2.32. The second-order valence-corrected chi connectivity index (χ2v) is 12.7. The van der Waals surface area contributed by atoms with Gasteiger partial charge < -0.3 is 28.4 Å². The molecule has 0 aromatic heterocycles. The second-order valence-electron chi connectivity index (χ2n) is 12.7. The van der Waals surface area contributed by atoms with E-state index in [0.29, 0.717) is 25.7 Å². The molecule has 0 N–H and O–H groups in total. The number of rotatable bonds is 33. The molecule has 0 saturated carbocycles. The topological polar surface area (TPSA) is 158 Å². The van der Waals surface area contributed by atoms with E-state index in [0.717, 1.165) is 77.0 Å². The minimum absolute atomic E-state index is 0.229. The highest BCUT2D eigenvalue weighted by atomic mass is 16.6. The smallest absolute Gasteiger partial charge is 0.306 e. The van der Waals surface area contributed by atoms with Crippen molar-refractivity contribution in [3.05, 3.63) is 0 Å². The third-order valence-corrected chi connectivity index (χ3v) is 7.79. The zero-order valence-electron chi connectivity index (χ0n) is 31.4. The van der Waals surface area contributed by atoms with Crippen LogP contribution in [0.4, 0.5) is 0 Å². The molecule has 0 unspecified atom stereocenters. The first-order chi connectivity index (χ1) is 24.1. The molecule has 0 spiro atoms. The van der Waals surface area contributed by atoms with Crippen molar-refractivity contribution in [1.82, 2.24) is 0 Å². The van der Waals surface area contributed by atoms with Crippen LogP contribution in [0.3, 0.4) is 0 Å². The molecule has 0 radical (unpaired) electrons. The van der Waals surface area contributed by atoms with Crippen molar-refractivity contribution >= 4 is 35.8 Å². The van der Waals surface area contributed by atoms with Crippen LogP contribution in [0.2, 0.25) is 0 Å². The van der Waals surface area contributed by atoms with Crippen LogP contribution in [0.25, 0.3) is 0 Å². The Morgan fingerprint density at radius 2 is 0.560 bits per heavy atom. The summed E-state index contributed by atoms with van der Waals surface area (Å²) in [6.45, 7) is 7.13. The van der Waals surface area contributed by atoms with E-state index in [4.69, 9.17) is 28.4 Å². The number of unbranched alkanes of at least 4 members (excludes halogenated alkanes) is 12. The molecule has 0 atom stereocenters. The van der Waals surface area contributed by atoms with Gasteiger partial charge in [0.15, 0.2) is 12.2 Å². The fraction of sp³-hybridized carbons (Fsp3) is 0.842. The Hall–Kier alpha value is -3.18. The van der Waals surface area contributed by atoms with Gasteiger partial charge in [0.2, 0.25) is 0 Å². The molecule has 0 bridgehead atoms. The molecule has 0 aliphatic carbocycles. The third kappa shape index (κ3) is 29.7. The van der Waals surface area contributed by atoms with Gasteiger partial charge in [-0.3, -0.25) is 28.8 Å². The Morgan fingerprint density at radius 1 is 0.320 bits per heavy atom. The Morgan fingerprint density at radius 3 is 0.780 bits per heavy atom. The number of ether oxygens (including phenoxy) is 6. The van der Waals surface area contributed by atoms with Crippen LogP contribution in [0.5, 0.6) is 0 Å². The van der Waals surface area contributed by atoms with Gasteiger partial charge in [0.05, 0.1) is 12.8 Å². The molecular formula is C38H66O12. The Labute approximate surface area is 300 Å². The maximum Gasteiger partial charge on any atom is 0.306 e. The van der Waals surface area contributed by atoms with E-state index in [1.807, 2.05) is 0 Å². The van der Waals surface area contributed by atoms with Crippen LogP contribution in [0, 0.1) is 0 Å². The van der Waals surface area contributed by atoms with E-state index in [2.05, 4.69) is 27.7 Å². The molecule has 0 aliphatic rings. The molecule has 0 rings (SSSR count). The molecule has 0 aromatic rings. The highest BCUT2D eigenvalue weighted by Gasteiger charge is 2.23. The summed E-state index contributed by atoms with van der Waals surface area (Å²) >= 11 is 0. The van der Waals surface area contributed by atoms with Crippen molar-refractivity contribution in [2.45, 2.75) is 181 Å². The van der Waals surface area contributed by atoms with Crippen LogP contribution in [-0.4, -0.2) is 74.5 Å². The lowest BCUT2D eigenvalue weighted by molar-refractivity contribution is -0.170. The van der Waals surface area contributed by atoms with Crippen molar-refractivity contribution in [3.8, 4) is 0 Å². The monoisotopic (exact) mass is 714 g/mol. The molecule has 0 saturated heterocycles. The summed E-state index contributed by atoms with van der Waals surface area (Å²) in [7, 11) is 0. The SMILES string of the molecule is CCCCCCC(=O)OCC(COC(=O)CCCCCC)OC(=O)CCC(=O)OC(COC(=O)CCCCCC)COC(=O)CCCCCC. The number of esters is 6. The number of carbonyl (C=O) groups excluding carboxylic acids is 6. The van der Waals surface area contributed by atoms with Crippen LogP contribution in [0.15, 0.2) is 0 Å². The van der Waals surface area contributed by atoms with Gasteiger partial charge in [0, 0.05) is 25.7 Å². The summed E-state index contributed by atoms with van der Waals surface area (Å²) in [6.07, 6.45) is 12.6. The zero-order valence-corrected chi connectivity index (χ0v) is 31.4. The lowest BCUT2D eigenvalue weighted by Gasteiger charge is -2.19. The third-order valence-electron chi connectivity index (χ3n) is 7.79. The minimum atomic E-state index is -1.04. The summed E-state index contributed by atoms with van der Waals surface area (Å²) in [5, 5.41) is 0. The van der Waals surface area contributed by atoms with Gasteiger partial charge in [-0.2, -0.15) is 0 Å². The van der Waals surface area contributed by atoms with Crippen molar-refractivity contribution in [2.24, 2.45) is 0 Å². The summed E-state index contributed by atoms with van der Waals surface area (Å²) < 4.78 is 32.0. The standard InChI is InChI=1S/C38H66O12/c1-5-9-13-17-21-33(39)45-27-31(28-46-34(40)22-18-14-10-6-2)49-37(43)25-26-38(44)50-32(29-47-35(41)23-19-15-11-7-3)30-48-36(42)24-20-16-12-8-4/h31-32H,5-30H2,1-4H3. The maximum atomic E-state index is 12.7. The molecule has 12 nitrogen and oxygen atoms in total. The van der Waals surface area contributed by atoms with E-state index in [1.165, 1.54) is 0 Å². The molecule has 0 amide bonds. The quantitative estimate of drug-likeness (QED) is 0.0372. The average Bonchev–Trinajstić information content (AvgIpc) is 3.10. The lowest BCUT2D eigenvalue weighted by atomic mass is 10.1. The first kappa shape index (κ1) is 46.8. The van der Waals surface area contributed by atoms with Crippen LogP contribution < -0.4 is 0 Å². The normalized spacial score (nSPS) is 10.9. The van der Waals surface area contributed by atoms with Gasteiger partial charge in [-0.25, -0.2) is 0 Å². The number of carbonyl (C=O) groups is 6. The molecular weight excluding hydrogens is 648 g/mol. The fourth-order valence-corrected chi connectivity index (χ4v) is 4.74. The molecule has 0 aliphatic heterocycles. The first-order valence-electron chi connectivity index (χ1n) is 19.2. The Balaban J connectivity index is 5.08. The number of hydrogen-bond donors (Lipinski definition) is 0. The van der Waals surface area contributed by atoms with Gasteiger partial charge in [0.25, 0.3) is 0 Å². The molecule has 12 heteroatoms. The van der Waals surface area contributed by atoms with E-state index in [-0.39, 0.29) is 65.0 Å². The molecule has 0 heterocycles. The number of hydrogen-bond acceptors (Lipinski definition) is 12.